The molecule has 8 heteroatoms. The predicted molar refractivity (Wildman–Crippen MR) is 82.5 cm³/mol. The summed E-state index contributed by atoms with van der Waals surface area (Å²) >= 11 is 2.57. The van der Waals surface area contributed by atoms with Gasteiger partial charge in [-0.05, 0) is 31.5 Å². The number of nitrogens with zero attached hydrogens (tertiary/aromatic N) is 3. The maximum Gasteiger partial charge on any atom is 0.247 e. The molecule has 0 aliphatic carbocycles. The molecule has 22 heavy (non-hydrogen) atoms. The van der Waals surface area contributed by atoms with E-state index in [9.17, 15) is 14.0 Å². The van der Waals surface area contributed by atoms with Crippen molar-refractivity contribution in [2.45, 2.75) is 29.9 Å². The molecule has 2 aromatic rings. The van der Waals surface area contributed by atoms with Gasteiger partial charge in [0.2, 0.25) is 11.8 Å². The number of carbonyl (C=O) groups excluding carboxylic acids is 2. The van der Waals surface area contributed by atoms with E-state index >= 15 is 0 Å². The Morgan fingerprint density at radius 1 is 1.32 bits per heavy atom. The molecule has 0 spiro atoms. The average molecular weight is 337 g/mol. The summed E-state index contributed by atoms with van der Waals surface area (Å²) in [6.45, 7) is 3.56. The van der Waals surface area contributed by atoms with E-state index in [1.165, 1.54) is 35.2 Å². The number of anilines is 1. The SMILES string of the molecule is Cc1ccc(N2C(=O)CC(Sc3nnc(C)s3)C2=O)c(F)c1. The summed E-state index contributed by atoms with van der Waals surface area (Å²) in [5, 5.41) is 8.03. The van der Waals surface area contributed by atoms with Crippen molar-refractivity contribution in [3.8, 4) is 0 Å². The molecule has 114 valence electrons. The van der Waals surface area contributed by atoms with Gasteiger partial charge in [-0.15, -0.1) is 10.2 Å². The molecule has 0 bridgehead atoms. The molecule has 1 aromatic carbocycles. The summed E-state index contributed by atoms with van der Waals surface area (Å²) in [4.78, 5) is 25.5. The smallest absolute Gasteiger partial charge is 0.247 e. The van der Waals surface area contributed by atoms with Crippen LogP contribution in [0.5, 0.6) is 0 Å². The molecular formula is C14H12FN3O2S2. The molecule has 5 nitrogen and oxygen atoms in total. The minimum atomic E-state index is -0.583. The second-order valence-electron chi connectivity index (χ2n) is 4.92. The first-order valence-electron chi connectivity index (χ1n) is 6.55. The Balaban J connectivity index is 1.85. The molecule has 0 saturated carbocycles. The maximum absolute atomic E-state index is 14.0. The van der Waals surface area contributed by atoms with Crippen molar-refractivity contribution in [2.75, 3.05) is 4.90 Å². The number of aryl methyl sites for hydroxylation is 2. The molecular weight excluding hydrogens is 325 g/mol. The number of carbonyl (C=O) groups is 2. The highest BCUT2D eigenvalue weighted by Crippen LogP contribution is 2.35. The minimum absolute atomic E-state index is 0.0112. The van der Waals surface area contributed by atoms with Crippen molar-refractivity contribution in [3.63, 3.8) is 0 Å². The third-order valence-corrected chi connectivity index (χ3v) is 5.31. The number of benzene rings is 1. The molecule has 0 radical (unpaired) electrons. The van der Waals surface area contributed by atoms with Crippen LogP contribution in [0.4, 0.5) is 10.1 Å². The summed E-state index contributed by atoms with van der Waals surface area (Å²) in [5.74, 6) is -1.38. The van der Waals surface area contributed by atoms with E-state index in [2.05, 4.69) is 10.2 Å². The Morgan fingerprint density at radius 3 is 2.73 bits per heavy atom. The Morgan fingerprint density at radius 2 is 2.09 bits per heavy atom. The summed E-state index contributed by atoms with van der Waals surface area (Å²) < 4.78 is 14.7. The molecule has 1 atom stereocenters. The fourth-order valence-electron chi connectivity index (χ4n) is 2.19. The highest BCUT2D eigenvalue weighted by Gasteiger charge is 2.41. The lowest BCUT2D eigenvalue weighted by atomic mass is 10.2. The first-order valence-corrected chi connectivity index (χ1v) is 8.25. The van der Waals surface area contributed by atoms with E-state index in [0.717, 1.165) is 15.5 Å². The monoisotopic (exact) mass is 337 g/mol. The molecule has 1 aliphatic heterocycles. The van der Waals surface area contributed by atoms with Crippen molar-refractivity contribution in [1.82, 2.24) is 10.2 Å². The number of halogens is 1. The highest BCUT2D eigenvalue weighted by molar-refractivity contribution is 8.02. The van der Waals surface area contributed by atoms with Crippen LogP contribution in [-0.4, -0.2) is 27.3 Å². The van der Waals surface area contributed by atoms with E-state index in [0.29, 0.717) is 4.34 Å². The van der Waals surface area contributed by atoms with Gasteiger partial charge in [-0.25, -0.2) is 9.29 Å². The van der Waals surface area contributed by atoms with Gasteiger partial charge in [-0.3, -0.25) is 9.59 Å². The van der Waals surface area contributed by atoms with Crippen LogP contribution in [0.2, 0.25) is 0 Å². The number of rotatable bonds is 3. The number of aromatic nitrogens is 2. The van der Waals surface area contributed by atoms with Crippen LogP contribution in [0.25, 0.3) is 0 Å². The molecule has 2 amide bonds. The van der Waals surface area contributed by atoms with Crippen molar-refractivity contribution in [3.05, 3.63) is 34.6 Å². The number of amides is 2. The van der Waals surface area contributed by atoms with Crippen LogP contribution in [0.3, 0.4) is 0 Å². The van der Waals surface area contributed by atoms with E-state index in [-0.39, 0.29) is 12.1 Å². The average Bonchev–Trinajstić information content (AvgIpc) is 2.96. The topological polar surface area (TPSA) is 63.2 Å². The van der Waals surface area contributed by atoms with E-state index in [4.69, 9.17) is 0 Å². The molecule has 0 N–H and O–H groups in total. The molecule has 1 unspecified atom stereocenters. The van der Waals surface area contributed by atoms with Crippen LogP contribution >= 0.6 is 23.1 Å². The Labute approximate surface area is 134 Å². The zero-order valence-electron chi connectivity index (χ0n) is 11.9. The fraction of sp³-hybridized carbons (Fsp3) is 0.286. The summed E-state index contributed by atoms with van der Waals surface area (Å²) in [5.41, 5.74) is 0.743. The maximum atomic E-state index is 14.0. The van der Waals surface area contributed by atoms with Gasteiger partial charge in [-0.1, -0.05) is 29.2 Å². The first kappa shape index (κ1) is 15.1. The summed E-state index contributed by atoms with van der Waals surface area (Å²) in [6, 6.07) is 4.45. The highest BCUT2D eigenvalue weighted by atomic mass is 32.2. The van der Waals surface area contributed by atoms with Gasteiger partial charge >= 0.3 is 0 Å². The third kappa shape index (κ3) is 2.76. The Kier molecular flexibility index (Phi) is 3.96. The Bertz CT molecular complexity index is 762. The van der Waals surface area contributed by atoms with Gasteiger partial charge in [0.1, 0.15) is 16.1 Å². The van der Waals surface area contributed by atoms with Gasteiger partial charge in [-0.2, -0.15) is 0 Å². The molecule has 1 saturated heterocycles. The van der Waals surface area contributed by atoms with E-state index < -0.39 is 22.9 Å². The number of hydrogen-bond donors (Lipinski definition) is 0. The minimum Gasteiger partial charge on any atom is -0.274 e. The molecule has 1 aromatic heterocycles. The second-order valence-corrected chi connectivity index (χ2v) is 7.55. The Hall–Kier alpha value is -1.80. The van der Waals surface area contributed by atoms with E-state index in [1.54, 1.807) is 13.0 Å². The third-order valence-electron chi connectivity index (χ3n) is 3.20. The van der Waals surface area contributed by atoms with Gasteiger partial charge < -0.3 is 0 Å². The molecule has 1 fully saturated rings. The van der Waals surface area contributed by atoms with Gasteiger partial charge in [0.15, 0.2) is 4.34 Å². The van der Waals surface area contributed by atoms with Crippen LogP contribution in [0, 0.1) is 19.7 Å². The van der Waals surface area contributed by atoms with Crippen molar-refractivity contribution >= 4 is 40.6 Å². The standard InChI is InChI=1S/C14H12FN3O2S2/c1-7-3-4-10(9(15)5-7)18-12(19)6-11(13(18)20)22-14-17-16-8(2)21-14/h3-5,11H,6H2,1-2H3. The van der Waals surface area contributed by atoms with Gasteiger partial charge in [0.25, 0.3) is 0 Å². The quantitative estimate of drug-likeness (QED) is 0.806. The number of thioether (sulfide) groups is 1. The number of imide groups is 1. The lowest BCUT2D eigenvalue weighted by Crippen LogP contribution is -2.31. The normalized spacial score (nSPS) is 18.3. The lowest BCUT2D eigenvalue weighted by Gasteiger charge is -2.15. The summed E-state index contributed by atoms with van der Waals surface area (Å²) in [7, 11) is 0. The van der Waals surface area contributed by atoms with Crippen molar-refractivity contribution in [2.24, 2.45) is 0 Å². The molecule has 1 aliphatic rings. The van der Waals surface area contributed by atoms with Gasteiger partial charge in [0.05, 0.1) is 5.69 Å². The number of hydrogen-bond acceptors (Lipinski definition) is 6. The molecule has 2 heterocycles. The lowest BCUT2D eigenvalue weighted by molar-refractivity contribution is -0.121. The van der Waals surface area contributed by atoms with Crippen LogP contribution in [-0.2, 0) is 9.59 Å². The fourth-order valence-corrected chi connectivity index (χ4v) is 4.27. The largest absolute Gasteiger partial charge is 0.274 e. The van der Waals surface area contributed by atoms with Crippen LogP contribution in [0.1, 0.15) is 17.0 Å². The molecule has 3 rings (SSSR count). The van der Waals surface area contributed by atoms with Crippen LogP contribution < -0.4 is 4.90 Å². The van der Waals surface area contributed by atoms with Crippen molar-refractivity contribution < 1.29 is 14.0 Å². The first-order chi connectivity index (χ1) is 10.5. The second kappa shape index (κ2) is 5.77. The predicted octanol–water partition coefficient (Wildman–Crippen LogP) is 2.72. The van der Waals surface area contributed by atoms with Gasteiger partial charge in [0, 0.05) is 6.42 Å². The summed E-state index contributed by atoms with van der Waals surface area (Å²) in [6.07, 6.45) is 0.0371. The van der Waals surface area contributed by atoms with E-state index in [1.807, 2.05) is 6.92 Å². The zero-order valence-corrected chi connectivity index (χ0v) is 13.5. The van der Waals surface area contributed by atoms with Crippen molar-refractivity contribution in [1.29, 1.82) is 0 Å². The van der Waals surface area contributed by atoms with Crippen LogP contribution in [0.15, 0.2) is 22.5 Å². The zero-order chi connectivity index (χ0) is 15.9.